The first kappa shape index (κ1) is 18.9. The number of hydrogen-bond acceptors (Lipinski definition) is 3. The smallest absolute Gasteiger partial charge is 0.265 e. The van der Waals surface area contributed by atoms with E-state index in [1.54, 1.807) is 24.3 Å². The van der Waals surface area contributed by atoms with Crippen molar-refractivity contribution in [3.05, 3.63) is 101 Å². The first-order valence-electron chi connectivity index (χ1n) is 9.36. The molecule has 2 N–H and O–H groups in total. The Kier molecular flexibility index (Phi) is 5.40. The van der Waals surface area contributed by atoms with Crippen LogP contribution in [0.3, 0.4) is 0 Å². The minimum Gasteiger partial charge on any atom is -0.345 e. The molecule has 0 aliphatic heterocycles. The van der Waals surface area contributed by atoms with E-state index in [1.807, 2.05) is 67.6 Å². The minimum absolute atomic E-state index is 0.143. The van der Waals surface area contributed by atoms with E-state index in [0.717, 1.165) is 15.6 Å². The third kappa shape index (κ3) is 4.20. The number of nitrogens with one attached hydrogen (secondary N) is 2. The highest BCUT2D eigenvalue weighted by atomic mass is 32.1. The fourth-order valence-electron chi connectivity index (χ4n) is 3.17. The van der Waals surface area contributed by atoms with Crippen LogP contribution in [-0.4, -0.2) is 11.8 Å². The van der Waals surface area contributed by atoms with E-state index < -0.39 is 0 Å². The average molecular weight is 401 g/mol. The van der Waals surface area contributed by atoms with E-state index in [0.29, 0.717) is 16.1 Å². The highest BCUT2D eigenvalue weighted by Gasteiger charge is 2.17. The molecule has 0 spiro atoms. The van der Waals surface area contributed by atoms with Gasteiger partial charge in [0.25, 0.3) is 11.8 Å². The van der Waals surface area contributed by atoms with Crippen molar-refractivity contribution in [2.24, 2.45) is 0 Å². The van der Waals surface area contributed by atoms with Gasteiger partial charge >= 0.3 is 0 Å². The highest BCUT2D eigenvalue weighted by Crippen LogP contribution is 2.26. The number of hydrogen-bond donors (Lipinski definition) is 2. The number of thiophene rings is 1. The van der Waals surface area contributed by atoms with Gasteiger partial charge in [0.1, 0.15) is 0 Å². The van der Waals surface area contributed by atoms with Gasteiger partial charge in [-0.15, -0.1) is 11.3 Å². The molecule has 1 aromatic heterocycles. The largest absolute Gasteiger partial charge is 0.345 e. The third-order valence-electron chi connectivity index (χ3n) is 4.72. The standard InChI is InChI=1S/C24H20N2O2S/c1-16(17-9-3-2-4-10-17)25-23(27)19-12-6-7-13-20(19)26-24(28)22-15-18-11-5-8-14-21(18)29-22/h2-16H,1H3,(H,25,27)(H,26,28). The Morgan fingerprint density at radius 2 is 1.52 bits per heavy atom. The fourth-order valence-corrected chi connectivity index (χ4v) is 4.13. The van der Waals surface area contributed by atoms with Crippen LogP contribution in [0.4, 0.5) is 5.69 Å². The predicted molar refractivity (Wildman–Crippen MR) is 119 cm³/mol. The molecule has 1 atom stereocenters. The Balaban J connectivity index is 1.53. The van der Waals surface area contributed by atoms with Gasteiger partial charge in [-0.05, 0) is 42.1 Å². The summed E-state index contributed by atoms with van der Waals surface area (Å²) in [4.78, 5) is 26.2. The van der Waals surface area contributed by atoms with Gasteiger partial charge in [-0.2, -0.15) is 0 Å². The molecule has 1 heterocycles. The van der Waals surface area contributed by atoms with Crippen molar-refractivity contribution in [2.45, 2.75) is 13.0 Å². The lowest BCUT2D eigenvalue weighted by Crippen LogP contribution is -2.27. The molecule has 1 unspecified atom stereocenters. The second-order valence-corrected chi connectivity index (χ2v) is 7.84. The number of para-hydroxylation sites is 1. The van der Waals surface area contributed by atoms with Crippen molar-refractivity contribution < 1.29 is 9.59 Å². The lowest BCUT2D eigenvalue weighted by Gasteiger charge is -2.16. The zero-order chi connectivity index (χ0) is 20.2. The number of rotatable bonds is 5. The van der Waals surface area contributed by atoms with Crippen molar-refractivity contribution in [3.63, 3.8) is 0 Å². The van der Waals surface area contributed by atoms with Crippen molar-refractivity contribution >= 4 is 38.9 Å². The topological polar surface area (TPSA) is 58.2 Å². The first-order valence-corrected chi connectivity index (χ1v) is 10.2. The van der Waals surface area contributed by atoms with Crippen molar-refractivity contribution in [3.8, 4) is 0 Å². The summed E-state index contributed by atoms with van der Waals surface area (Å²) >= 11 is 1.43. The van der Waals surface area contributed by atoms with Gasteiger partial charge in [0, 0.05) is 4.70 Å². The Morgan fingerprint density at radius 1 is 0.828 bits per heavy atom. The number of anilines is 1. The van der Waals surface area contributed by atoms with Crippen molar-refractivity contribution in [1.29, 1.82) is 0 Å². The Bertz CT molecular complexity index is 1130. The normalized spacial score (nSPS) is 11.8. The van der Waals surface area contributed by atoms with Gasteiger partial charge in [-0.3, -0.25) is 9.59 Å². The molecule has 0 saturated carbocycles. The molecule has 3 aromatic carbocycles. The summed E-state index contributed by atoms with van der Waals surface area (Å²) in [5, 5.41) is 6.92. The van der Waals surface area contributed by atoms with Crippen LogP contribution in [0.5, 0.6) is 0 Å². The summed E-state index contributed by atoms with van der Waals surface area (Å²) < 4.78 is 1.06. The van der Waals surface area contributed by atoms with Crippen LogP contribution >= 0.6 is 11.3 Å². The number of fused-ring (bicyclic) bond motifs is 1. The summed E-state index contributed by atoms with van der Waals surface area (Å²) in [5.41, 5.74) is 1.95. The summed E-state index contributed by atoms with van der Waals surface area (Å²) in [5.74, 6) is -0.448. The van der Waals surface area contributed by atoms with Crippen LogP contribution in [-0.2, 0) is 0 Å². The molecule has 5 heteroatoms. The van der Waals surface area contributed by atoms with E-state index in [-0.39, 0.29) is 17.9 Å². The molecule has 2 amide bonds. The van der Waals surface area contributed by atoms with Crippen LogP contribution in [0.15, 0.2) is 84.9 Å². The Morgan fingerprint density at radius 3 is 2.31 bits per heavy atom. The Labute approximate surface area is 173 Å². The zero-order valence-electron chi connectivity index (χ0n) is 15.9. The molecule has 29 heavy (non-hydrogen) atoms. The van der Waals surface area contributed by atoms with Gasteiger partial charge in [0.15, 0.2) is 0 Å². The minimum atomic E-state index is -0.228. The SMILES string of the molecule is CC(NC(=O)c1ccccc1NC(=O)c1cc2ccccc2s1)c1ccccc1. The lowest BCUT2D eigenvalue weighted by molar-refractivity contribution is 0.0941. The van der Waals surface area contributed by atoms with E-state index >= 15 is 0 Å². The molecule has 4 aromatic rings. The maximum atomic E-state index is 12.8. The second-order valence-electron chi connectivity index (χ2n) is 6.75. The van der Waals surface area contributed by atoms with Gasteiger partial charge in [0.05, 0.1) is 22.2 Å². The molecule has 0 radical (unpaired) electrons. The van der Waals surface area contributed by atoms with Crippen LogP contribution in [0.1, 0.15) is 38.6 Å². The lowest BCUT2D eigenvalue weighted by atomic mass is 10.1. The number of carbonyl (C=O) groups is 2. The quantitative estimate of drug-likeness (QED) is 0.455. The zero-order valence-corrected chi connectivity index (χ0v) is 16.7. The van der Waals surface area contributed by atoms with Gasteiger partial charge in [0.2, 0.25) is 0 Å². The summed E-state index contributed by atoms with van der Waals surface area (Å²) in [7, 11) is 0. The molecule has 4 nitrogen and oxygen atoms in total. The van der Waals surface area contributed by atoms with Crippen molar-refractivity contribution in [2.75, 3.05) is 5.32 Å². The van der Waals surface area contributed by atoms with Crippen LogP contribution in [0, 0.1) is 0 Å². The number of amides is 2. The van der Waals surface area contributed by atoms with Crippen LogP contribution in [0.2, 0.25) is 0 Å². The molecule has 0 aliphatic rings. The van der Waals surface area contributed by atoms with E-state index in [2.05, 4.69) is 10.6 Å². The molecule has 4 rings (SSSR count). The summed E-state index contributed by atoms with van der Waals surface area (Å²) in [6.07, 6.45) is 0. The second kappa shape index (κ2) is 8.29. The van der Waals surface area contributed by atoms with Crippen LogP contribution < -0.4 is 10.6 Å². The van der Waals surface area contributed by atoms with Gasteiger partial charge in [-0.25, -0.2) is 0 Å². The van der Waals surface area contributed by atoms with E-state index in [1.165, 1.54) is 11.3 Å². The van der Waals surface area contributed by atoms with E-state index in [4.69, 9.17) is 0 Å². The molecule has 144 valence electrons. The highest BCUT2D eigenvalue weighted by molar-refractivity contribution is 7.20. The predicted octanol–water partition coefficient (Wildman–Crippen LogP) is 5.64. The number of benzene rings is 3. The maximum Gasteiger partial charge on any atom is 0.265 e. The van der Waals surface area contributed by atoms with Crippen LogP contribution in [0.25, 0.3) is 10.1 Å². The summed E-state index contributed by atoms with van der Waals surface area (Å²) in [6.45, 7) is 1.94. The molecule has 0 bridgehead atoms. The molecule has 0 saturated heterocycles. The first-order chi connectivity index (χ1) is 14.1. The molecular formula is C24H20N2O2S. The van der Waals surface area contributed by atoms with Gasteiger partial charge < -0.3 is 10.6 Å². The maximum absolute atomic E-state index is 12.8. The average Bonchev–Trinajstić information content (AvgIpc) is 3.19. The Hall–Kier alpha value is -3.44. The summed E-state index contributed by atoms with van der Waals surface area (Å²) in [6, 6.07) is 26.4. The number of carbonyl (C=O) groups excluding carboxylic acids is 2. The monoisotopic (exact) mass is 400 g/mol. The van der Waals surface area contributed by atoms with E-state index in [9.17, 15) is 9.59 Å². The molecule has 0 aliphatic carbocycles. The molecule has 0 fully saturated rings. The molecular weight excluding hydrogens is 380 g/mol. The van der Waals surface area contributed by atoms with Crippen molar-refractivity contribution in [1.82, 2.24) is 5.32 Å². The third-order valence-corrected chi connectivity index (χ3v) is 5.83. The fraction of sp³-hybridized carbons (Fsp3) is 0.0833. The van der Waals surface area contributed by atoms with Gasteiger partial charge in [-0.1, -0.05) is 60.7 Å².